The normalized spacial score (nSPS) is 10.2. The van der Waals surface area contributed by atoms with Crippen LogP contribution in [0.25, 0.3) is 0 Å². The molecule has 0 radical (unpaired) electrons. The number of rotatable bonds is 4. The van der Waals surface area contributed by atoms with Crippen LogP contribution in [0.15, 0.2) is 30.6 Å². The van der Waals surface area contributed by atoms with Gasteiger partial charge in [0.25, 0.3) is 0 Å². The summed E-state index contributed by atoms with van der Waals surface area (Å²) in [5.74, 6) is 0.691. The molecule has 1 N–H and O–H groups in total. The lowest BCUT2D eigenvalue weighted by Crippen LogP contribution is -2.15. The maximum atomic E-state index is 11.9. The van der Waals surface area contributed by atoms with Gasteiger partial charge in [-0.1, -0.05) is 35.3 Å². The van der Waals surface area contributed by atoms with Gasteiger partial charge >= 0.3 is 0 Å². The molecule has 0 saturated carbocycles. The van der Waals surface area contributed by atoms with Gasteiger partial charge in [0, 0.05) is 0 Å². The molecule has 0 spiro atoms. The molecule has 0 unspecified atom stereocenters. The summed E-state index contributed by atoms with van der Waals surface area (Å²) in [5, 5.41) is 2.81. The maximum Gasteiger partial charge on any atom is 0.229 e. The maximum absolute atomic E-state index is 11.9. The Hall–Kier alpha value is -1.85. The summed E-state index contributed by atoms with van der Waals surface area (Å²) in [4.78, 5) is 19.5. The van der Waals surface area contributed by atoms with Gasteiger partial charge in [-0.05, 0) is 17.7 Å². The van der Waals surface area contributed by atoms with Gasteiger partial charge in [0.05, 0.1) is 13.5 Å². The molecule has 0 atom stereocenters. The topological polar surface area (TPSA) is 64.1 Å². The minimum atomic E-state index is -0.244. The van der Waals surface area contributed by atoms with Gasteiger partial charge in [-0.2, -0.15) is 0 Å². The van der Waals surface area contributed by atoms with Crippen LogP contribution in [0.4, 0.5) is 5.82 Å². The van der Waals surface area contributed by atoms with E-state index in [1.165, 1.54) is 6.33 Å². The fraction of sp³-hybridized carbons (Fsp3) is 0.154. The number of nitrogens with one attached hydrogen (secondary N) is 1. The number of halogens is 2. The van der Waals surface area contributed by atoms with E-state index < -0.39 is 0 Å². The Balaban J connectivity index is 2.03. The van der Waals surface area contributed by atoms with Gasteiger partial charge in [0.1, 0.15) is 17.1 Å². The highest BCUT2D eigenvalue weighted by atomic mass is 35.5. The summed E-state index contributed by atoms with van der Waals surface area (Å²) < 4.78 is 5.05. The van der Waals surface area contributed by atoms with Crippen LogP contribution in [-0.4, -0.2) is 23.0 Å². The van der Waals surface area contributed by atoms with Gasteiger partial charge in [-0.3, -0.25) is 4.79 Å². The van der Waals surface area contributed by atoms with Gasteiger partial charge in [0.2, 0.25) is 5.91 Å². The molecule has 0 fully saturated rings. The van der Waals surface area contributed by atoms with E-state index in [1.807, 2.05) is 12.1 Å². The average molecular weight is 312 g/mol. The summed E-state index contributed by atoms with van der Waals surface area (Å²) in [5.41, 5.74) is 0.847. The van der Waals surface area contributed by atoms with Crippen LogP contribution >= 0.6 is 23.2 Å². The first-order valence-electron chi connectivity index (χ1n) is 5.69. The Labute approximate surface area is 125 Å². The lowest BCUT2D eigenvalue weighted by molar-refractivity contribution is -0.115. The predicted molar refractivity (Wildman–Crippen MR) is 77.4 cm³/mol. The molecule has 1 heterocycles. The molecular formula is C13H11Cl2N3O2. The first-order chi connectivity index (χ1) is 9.60. The van der Waals surface area contributed by atoms with Crippen LogP contribution in [0.2, 0.25) is 10.2 Å². The Morgan fingerprint density at radius 3 is 2.60 bits per heavy atom. The highest BCUT2D eigenvalue weighted by Gasteiger charge is 2.11. The molecule has 0 aliphatic heterocycles. The summed E-state index contributed by atoms with van der Waals surface area (Å²) >= 11 is 11.6. The summed E-state index contributed by atoms with van der Waals surface area (Å²) in [6, 6.07) is 7.20. The van der Waals surface area contributed by atoms with Crippen LogP contribution in [0.5, 0.6) is 5.75 Å². The SMILES string of the molecule is COc1ccc(CC(=O)Nc2ncnc(Cl)c2Cl)cc1. The van der Waals surface area contributed by atoms with Crippen LogP contribution in [0, 0.1) is 0 Å². The fourth-order valence-corrected chi connectivity index (χ4v) is 1.82. The van der Waals surface area contributed by atoms with E-state index in [0.717, 1.165) is 11.3 Å². The molecule has 0 saturated heterocycles. The second-order valence-corrected chi connectivity index (χ2v) is 4.64. The third-order valence-corrected chi connectivity index (χ3v) is 3.27. The van der Waals surface area contributed by atoms with Crippen molar-refractivity contribution in [3.05, 3.63) is 46.3 Å². The van der Waals surface area contributed by atoms with E-state index in [9.17, 15) is 4.79 Å². The molecule has 2 aromatic rings. The monoisotopic (exact) mass is 311 g/mol. The van der Waals surface area contributed by atoms with E-state index in [-0.39, 0.29) is 28.3 Å². The molecule has 5 nitrogen and oxygen atoms in total. The van der Waals surface area contributed by atoms with Crippen molar-refractivity contribution in [2.75, 3.05) is 12.4 Å². The number of ether oxygens (including phenoxy) is 1. The quantitative estimate of drug-likeness (QED) is 0.882. The number of benzene rings is 1. The van der Waals surface area contributed by atoms with Crippen molar-refractivity contribution < 1.29 is 9.53 Å². The minimum absolute atomic E-state index is 0.0985. The van der Waals surface area contributed by atoms with Gasteiger partial charge < -0.3 is 10.1 Å². The van der Waals surface area contributed by atoms with Crippen molar-refractivity contribution in [2.45, 2.75) is 6.42 Å². The van der Waals surface area contributed by atoms with Crippen molar-refractivity contribution in [3.8, 4) is 5.75 Å². The minimum Gasteiger partial charge on any atom is -0.497 e. The molecule has 1 aromatic heterocycles. The zero-order valence-electron chi connectivity index (χ0n) is 10.6. The zero-order valence-corrected chi connectivity index (χ0v) is 12.1. The Bertz CT molecular complexity index is 618. The van der Waals surface area contributed by atoms with Gasteiger partial charge in [-0.15, -0.1) is 0 Å². The predicted octanol–water partition coefficient (Wildman–Crippen LogP) is 2.97. The summed E-state index contributed by atoms with van der Waals surface area (Å²) in [7, 11) is 1.59. The number of hydrogen-bond acceptors (Lipinski definition) is 4. The molecule has 2 rings (SSSR count). The van der Waals surface area contributed by atoms with Crippen molar-refractivity contribution >= 4 is 34.9 Å². The Morgan fingerprint density at radius 2 is 1.95 bits per heavy atom. The average Bonchev–Trinajstić information content (AvgIpc) is 2.45. The standard InChI is InChI=1S/C13H11Cl2N3O2/c1-20-9-4-2-8(3-5-9)6-10(19)18-13-11(14)12(15)16-7-17-13/h2-5,7H,6H2,1H3,(H,16,17,18,19). The summed E-state index contributed by atoms with van der Waals surface area (Å²) in [6.07, 6.45) is 1.43. The number of carbonyl (C=O) groups excluding carboxylic acids is 1. The van der Waals surface area contributed by atoms with E-state index in [1.54, 1.807) is 19.2 Å². The molecule has 0 aliphatic rings. The smallest absolute Gasteiger partial charge is 0.229 e. The number of hydrogen-bond donors (Lipinski definition) is 1. The van der Waals surface area contributed by atoms with Crippen LogP contribution < -0.4 is 10.1 Å². The lowest BCUT2D eigenvalue weighted by Gasteiger charge is -2.07. The zero-order chi connectivity index (χ0) is 14.5. The van der Waals surface area contributed by atoms with E-state index in [2.05, 4.69) is 15.3 Å². The molecule has 20 heavy (non-hydrogen) atoms. The second kappa shape index (κ2) is 6.54. The van der Waals surface area contributed by atoms with Crippen LogP contribution in [0.3, 0.4) is 0 Å². The molecule has 7 heteroatoms. The third-order valence-electron chi connectivity index (χ3n) is 2.53. The third kappa shape index (κ3) is 3.59. The molecular weight excluding hydrogens is 301 g/mol. The number of carbonyl (C=O) groups is 1. The van der Waals surface area contributed by atoms with Crippen molar-refractivity contribution in [3.63, 3.8) is 0 Å². The largest absolute Gasteiger partial charge is 0.497 e. The molecule has 1 aromatic carbocycles. The van der Waals surface area contributed by atoms with Crippen molar-refractivity contribution in [1.82, 2.24) is 9.97 Å². The molecule has 0 bridgehead atoms. The summed E-state index contributed by atoms with van der Waals surface area (Å²) in [6.45, 7) is 0. The van der Waals surface area contributed by atoms with Gasteiger partial charge in [-0.25, -0.2) is 9.97 Å². The Kier molecular flexibility index (Phi) is 4.76. The van der Waals surface area contributed by atoms with Crippen LogP contribution in [-0.2, 0) is 11.2 Å². The first kappa shape index (κ1) is 14.6. The molecule has 1 amide bonds. The highest BCUT2D eigenvalue weighted by Crippen LogP contribution is 2.25. The second-order valence-electron chi connectivity index (χ2n) is 3.90. The number of aromatic nitrogens is 2. The van der Waals surface area contributed by atoms with E-state index in [4.69, 9.17) is 27.9 Å². The lowest BCUT2D eigenvalue weighted by atomic mass is 10.1. The molecule has 104 valence electrons. The van der Waals surface area contributed by atoms with E-state index in [0.29, 0.717) is 0 Å². The highest BCUT2D eigenvalue weighted by molar-refractivity contribution is 6.42. The fourth-order valence-electron chi connectivity index (χ4n) is 1.54. The van der Waals surface area contributed by atoms with Crippen LogP contribution in [0.1, 0.15) is 5.56 Å². The van der Waals surface area contributed by atoms with E-state index >= 15 is 0 Å². The number of nitrogens with zero attached hydrogens (tertiary/aromatic N) is 2. The number of anilines is 1. The number of methoxy groups -OCH3 is 1. The molecule has 0 aliphatic carbocycles. The Morgan fingerprint density at radius 1 is 1.25 bits per heavy atom. The number of amides is 1. The van der Waals surface area contributed by atoms with Crippen molar-refractivity contribution in [1.29, 1.82) is 0 Å². The van der Waals surface area contributed by atoms with Crippen molar-refractivity contribution in [2.24, 2.45) is 0 Å². The first-order valence-corrected chi connectivity index (χ1v) is 6.44. The van der Waals surface area contributed by atoms with Gasteiger partial charge in [0.15, 0.2) is 11.0 Å².